The van der Waals surface area contributed by atoms with E-state index in [1.807, 2.05) is 0 Å². The lowest BCUT2D eigenvalue weighted by molar-refractivity contribution is -0.118. The van der Waals surface area contributed by atoms with E-state index >= 15 is 0 Å². The predicted molar refractivity (Wildman–Crippen MR) is 89.9 cm³/mol. The topological polar surface area (TPSA) is 69.0 Å². The summed E-state index contributed by atoms with van der Waals surface area (Å²) < 4.78 is 30.8. The van der Waals surface area contributed by atoms with Crippen molar-refractivity contribution in [2.75, 3.05) is 5.32 Å². The van der Waals surface area contributed by atoms with Crippen LogP contribution in [0.15, 0.2) is 41.9 Å². The van der Waals surface area contributed by atoms with Gasteiger partial charge in [-0.3, -0.25) is 4.79 Å². The highest BCUT2D eigenvalue weighted by molar-refractivity contribution is 6.00. The number of ether oxygens (including phenoxy) is 1. The summed E-state index contributed by atoms with van der Waals surface area (Å²) in [5, 5.41) is 7.48. The first-order chi connectivity index (χ1) is 12.3. The molecule has 0 saturated carbocycles. The van der Waals surface area contributed by atoms with Crippen molar-refractivity contribution in [2.24, 2.45) is 5.41 Å². The van der Waals surface area contributed by atoms with Gasteiger partial charge in [-0.25, -0.2) is 4.68 Å². The van der Waals surface area contributed by atoms with E-state index < -0.39 is 12.7 Å². The second kappa shape index (κ2) is 5.89. The molecule has 2 aromatic rings. The number of alkyl halides is 2. The number of hydrogen-bond acceptors (Lipinski definition) is 5. The molecule has 2 aliphatic rings. The van der Waals surface area contributed by atoms with Gasteiger partial charge in [-0.15, -0.1) is 0 Å². The number of allylic oxidation sites excluding steroid dienone is 2. The van der Waals surface area contributed by atoms with Crippen LogP contribution in [-0.4, -0.2) is 27.2 Å². The summed E-state index contributed by atoms with van der Waals surface area (Å²) in [6.45, 7) is 1.24. The molecule has 0 bridgehead atoms. The zero-order valence-electron chi connectivity index (χ0n) is 14.4. The Balaban J connectivity index is 1.78. The van der Waals surface area contributed by atoms with Gasteiger partial charge in [0.15, 0.2) is 5.78 Å². The maximum absolute atomic E-state index is 12.9. The number of anilines is 1. The fourth-order valence-corrected chi connectivity index (χ4v) is 3.69. The summed E-state index contributed by atoms with van der Waals surface area (Å²) >= 11 is 0. The Hall–Kier alpha value is -2.77. The SMILES string of the molecule is CC1(C)CC(=O)C2=C(C1)Nc1ncnn1C2c1ccc(OC(F)F)cc1. The van der Waals surface area contributed by atoms with Gasteiger partial charge in [-0.05, 0) is 29.5 Å². The number of aromatic nitrogens is 3. The smallest absolute Gasteiger partial charge is 0.387 e. The van der Waals surface area contributed by atoms with Crippen LogP contribution in [-0.2, 0) is 4.79 Å². The molecule has 1 aromatic carbocycles. The maximum atomic E-state index is 12.9. The molecule has 0 spiro atoms. The van der Waals surface area contributed by atoms with Crippen LogP contribution in [0.2, 0.25) is 0 Å². The average molecular weight is 360 g/mol. The minimum absolute atomic E-state index is 0.0582. The summed E-state index contributed by atoms with van der Waals surface area (Å²) in [5.41, 5.74) is 2.14. The average Bonchev–Trinajstić information content (AvgIpc) is 3.00. The Morgan fingerprint density at radius 3 is 2.69 bits per heavy atom. The molecule has 8 heteroatoms. The third-order valence-electron chi connectivity index (χ3n) is 4.69. The number of rotatable bonds is 3. The van der Waals surface area contributed by atoms with Crippen LogP contribution in [0.1, 0.15) is 38.3 Å². The molecule has 0 radical (unpaired) electrons. The monoisotopic (exact) mass is 360 g/mol. The van der Waals surface area contributed by atoms with Crippen molar-refractivity contribution in [2.45, 2.75) is 39.3 Å². The highest BCUT2D eigenvalue weighted by atomic mass is 19.3. The minimum Gasteiger partial charge on any atom is -0.435 e. The standard InChI is InChI=1S/C18H18F2N4O2/c1-18(2)7-12-14(13(25)8-18)15(24-17(23-12)21-9-22-24)10-3-5-11(6-4-10)26-16(19)20/h3-6,9,15-16H,7-8H2,1-2H3,(H,21,22,23). The summed E-state index contributed by atoms with van der Waals surface area (Å²) in [6.07, 6.45) is 2.60. The molecule has 26 heavy (non-hydrogen) atoms. The van der Waals surface area contributed by atoms with Crippen molar-refractivity contribution in [3.8, 4) is 5.75 Å². The number of nitrogens with zero attached hydrogens (tertiary/aromatic N) is 3. The first-order valence-corrected chi connectivity index (χ1v) is 8.32. The molecule has 1 aliphatic heterocycles. The van der Waals surface area contributed by atoms with E-state index in [2.05, 4.69) is 34.0 Å². The molecule has 1 N–H and O–H groups in total. The molecule has 1 aliphatic carbocycles. The van der Waals surface area contributed by atoms with Crippen molar-refractivity contribution < 1.29 is 18.3 Å². The lowest BCUT2D eigenvalue weighted by Gasteiger charge is -2.38. The van der Waals surface area contributed by atoms with E-state index in [4.69, 9.17) is 0 Å². The predicted octanol–water partition coefficient (Wildman–Crippen LogP) is 3.54. The maximum Gasteiger partial charge on any atom is 0.387 e. The number of carbonyl (C=O) groups is 1. The van der Waals surface area contributed by atoms with Crippen LogP contribution in [0.3, 0.4) is 0 Å². The van der Waals surface area contributed by atoms with Crippen molar-refractivity contribution in [1.29, 1.82) is 0 Å². The number of carbonyl (C=O) groups excluding carboxylic acids is 1. The molecule has 0 amide bonds. The number of hydrogen-bond donors (Lipinski definition) is 1. The fraction of sp³-hybridized carbons (Fsp3) is 0.389. The van der Waals surface area contributed by atoms with Crippen molar-refractivity contribution in [1.82, 2.24) is 14.8 Å². The number of halogens is 2. The van der Waals surface area contributed by atoms with E-state index in [-0.39, 0.29) is 16.9 Å². The van der Waals surface area contributed by atoms with Crippen LogP contribution in [0.5, 0.6) is 5.75 Å². The number of nitrogens with one attached hydrogen (secondary N) is 1. The molecule has 6 nitrogen and oxygen atoms in total. The van der Waals surface area contributed by atoms with Gasteiger partial charge in [0.2, 0.25) is 5.95 Å². The minimum atomic E-state index is -2.88. The third kappa shape index (κ3) is 2.85. The van der Waals surface area contributed by atoms with Crippen LogP contribution >= 0.6 is 0 Å². The summed E-state index contributed by atoms with van der Waals surface area (Å²) in [6, 6.07) is 5.86. The van der Waals surface area contributed by atoms with Crippen molar-refractivity contribution >= 4 is 11.7 Å². The lowest BCUT2D eigenvalue weighted by atomic mass is 9.73. The molecular formula is C18H18F2N4O2. The van der Waals surface area contributed by atoms with Gasteiger partial charge in [0.05, 0.1) is 0 Å². The van der Waals surface area contributed by atoms with Crippen molar-refractivity contribution in [3.63, 3.8) is 0 Å². The largest absolute Gasteiger partial charge is 0.435 e. The van der Waals surface area contributed by atoms with Gasteiger partial charge < -0.3 is 10.1 Å². The van der Waals surface area contributed by atoms with Crippen LogP contribution in [0, 0.1) is 5.41 Å². The van der Waals surface area contributed by atoms with Crippen LogP contribution in [0.4, 0.5) is 14.7 Å². The van der Waals surface area contributed by atoms with Gasteiger partial charge >= 0.3 is 6.61 Å². The number of benzene rings is 1. The van der Waals surface area contributed by atoms with E-state index in [9.17, 15) is 13.6 Å². The lowest BCUT2D eigenvalue weighted by Crippen LogP contribution is -2.36. The normalized spacial score (nSPS) is 21.3. The Bertz CT molecular complexity index is 887. The molecule has 136 valence electrons. The van der Waals surface area contributed by atoms with Crippen molar-refractivity contribution in [3.05, 3.63) is 47.4 Å². The highest BCUT2D eigenvalue weighted by Gasteiger charge is 2.41. The summed E-state index contributed by atoms with van der Waals surface area (Å²) in [4.78, 5) is 17.1. The Kier molecular flexibility index (Phi) is 3.78. The van der Waals surface area contributed by atoms with Gasteiger partial charge in [0.25, 0.3) is 0 Å². The number of fused-ring (bicyclic) bond motifs is 1. The van der Waals surface area contributed by atoms with Crippen LogP contribution < -0.4 is 10.1 Å². The molecule has 1 aromatic heterocycles. The molecular weight excluding hydrogens is 342 g/mol. The third-order valence-corrected chi connectivity index (χ3v) is 4.69. The quantitative estimate of drug-likeness (QED) is 0.907. The van der Waals surface area contributed by atoms with E-state index in [1.165, 1.54) is 18.5 Å². The van der Waals surface area contributed by atoms with Gasteiger partial charge in [-0.2, -0.15) is 18.9 Å². The first-order valence-electron chi connectivity index (χ1n) is 8.32. The highest BCUT2D eigenvalue weighted by Crippen LogP contribution is 2.45. The van der Waals surface area contributed by atoms with Gasteiger partial charge in [-0.1, -0.05) is 26.0 Å². The van der Waals surface area contributed by atoms with E-state index in [0.29, 0.717) is 17.9 Å². The van der Waals surface area contributed by atoms with E-state index in [0.717, 1.165) is 17.7 Å². The molecule has 2 heterocycles. The van der Waals surface area contributed by atoms with E-state index in [1.54, 1.807) is 16.8 Å². The first kappa shape index (κ1) is 16.7. The zero-order chi connectivity index (χ0) is 18.5. The molecule has 4 rings (SSSR count). The molecule has 1 unspecified atom stereocenters. The Morgan fingerprint density at radius 1 is 1.27 bits per heavy atom. The molecule has 0 saturated heterocycles. The molecule has 1 atom stereocenters. The van der Waals surface area contributed by atoms with Crippen LogP contribution in [0.25, 0.3) is 0 Å². The zero-order valence-corrected chi connectivity index (χ0v) is 14.4. The summed E-state index contributed by atoms with van der Waals surface area (Å²) in [5.74, 6) is 0.691. The van der Waals surface area contributed by atoms with Gasteiger partial charge in [0.1, 0.15) is 18.1 Å². The molecule has 0 fully saturated rings. The fourth-order valence-electron chi connectivity index (χ4n) is 3.69. The number of Topliss-reactive ketones (excluding diaryl/α,β-unsaturated/α-hetero) is 1. The Morgan fingerprint density at radius 2 is 2.00 bits per heavy atom. The summed E-state index contributed by atoms with van der Waals surface area (Å²) in [7, 11) is 0. The second-order valence-corrected chi connectivity index (χ2v) is 7.34. The Labute approximate surface area is 148 Å². The second-order valence-electron chi connectivity index (χ2n) is 7.34. The number of ketones is 1. The van der Waals surface area contributed by atoms with Gasteiger partial charge in [0, 0.05) is 17.7 Å².